The van der Waals surface area contributed by atoms with Gasteiger partial charge in [0.15, 0.2) is 0 Å². The van der Waals surface area contributed by atoms with E-state index in [0.29, 0.717) is 28.8 Å². The Labute approximate surface area is 168 Å². The first kappa shape index (κ1) is 19.8. The number of anilines is 1. The van der Waals surface area contributed by atoms with Gasteiger partial charge in [0.2, 0.25) is 0 Å². The summed E-state index contributed by atoms with van der Waals surface area (Å²) in [5.74, 6) is 0.297. The number of aromatic nitrogens is 2. The number of nitrogens with zero attached hydrogens (tertiary/aromatic N) is 2. The zero-order chi connectivity index (χ0) is 19.9. The summed E-state index contributed by atoms with van der Waals surface area (Å²) >= 11 is 5.99. The second-order valence-corrected chi connectivity index (χ2v) is 6.70. The third kappa shape index (κ3) is 5.50. The van der Waals surface area contributed by atoms with Crippen molar-refractivity contribution in [1.82, 2.24) is 15.3 Å². The maximum Gasteiger partial charge on any atom is 0.270 e. The predicted octanol–water partition coefficient (Wildman–Crippen LogP) is 4.16. The monoisotopic (exact) mass is 398 g/mol. The molecule has 0 atom stereocenters. The molecule has 7 heteroatoms. The molecule has 0 radical (unpaired) electrons. The van der Waals surface area contributed by atoms with Gasteiger partial charge in [-0.2, -0.15) is 0 Å². The van der Waals surface area contributed by atoms with Crippen LogP contribution in [0, 0.1) is 12.7 Å². The molecule has 1 amide bonds. The van der Waals surface area contributed by atoms with E-state index in [1.165, 1.54) is 6.07 Å². The zero-order valence-electron chi connectivity index (χ0n) is 15.4. The Kier molecular flexibility index (Phi) is 6.55. The van der Waals surface area contributed by atoms with Crippen LogP contribution in [-0.4, -0.2) is 22.4 Å². The van der Waals surface area contributed by atoms with Crippen LogP contribution in [0.1, 0.15) is 27.4 Å². The van der Waals surface area contributed by atoms with E-state index in [2.05, 4.69) is 20.6 Å². The molecule has 0 bridgehead atoms. The number of nitrogens with one attached hydrogen (secondary N) is 2. The fourth-order valence-corrected chi connectivity index (χ4v) is 2.92. The van der Waals surface area contributed by atoms with Crippen LogP contribution < -0.4 is 10.6 Å². The number of carbonyl (C=O) groups excluding carboxylic acids is 1. The van der Waals surface area contributed by atoms with Gasteiger partial charge in [0.25, 0.3) is 5.91 Å². The summed E-state index contributed by atoms with van der Waals surface area (Å²) in [7, 11) is 0. The molecule has 144 valence electrons. The molecule has 0 saturated heterocycles. The van der Waals surface area contributed by atoms with Gasteiger partial charge in [-0.05, 0) is 37.1 Å². The van der Waals surface area contributed by atoms with E-state index in [9.17, 15) is 9.18 Å². The van der Waals surface area contributed by atoms with Crippen molar-refractivity contribution in [2.24, 2.45) is 0 Å². The van der Waals surface area contributed by atoms with Crippen molar-refractivity contribution in [3.05, 3.63) is 88.1 Å². The van der Waals surface area contributed by atoms with E-state index < -0.39 is 0 Å². The molecule has 3 rings (SSSR count). The highest BCUT2D eigenvalue weighted by molar-refractivity contribution is 6.30. The van der Waals surface area contributed by atoms with Crippen molar-refractivity contribution in [2.45, 2.75) is 19.9 Å². The second-order valence-electron chi connectivity index (χ2n) is 6.27. The van der Waals surface area contributed by atoms with E-state index in [0.717, 1.165) is 12.0 Å². The Hall–Kier alpha value is -2.99. The maximum atomic E-state index is 13.7. The summed E-state index contributed by atoms with van der Waals surface area (Å²) in [5.41, 5.74) is 1.75. The summed E-state index contributed by atoms with van der Waals surface area (Å²) in [6.45, 7) is 2.44. The molecule has 2 N–H and O–H groups in total. The van der Waals surface area contributed by atoms with Gasteiger partial charge in [0.1, 0.15) is 23.2 Å². The largest absolute Gasteiger partial charge is 0.370 e. The van der Waals surface area contributed by atoms with Crippen LogP contribution in [0.2, 0.25) is 5.02 Å². The van der Waals surface area contributed by atoms with Gasteiger partial charge < -0.3 is 10.6 Å². The number of halogens is 2. The number of aryl methyl sites for hydroxylation is 1. The van der Waals surface area contributed by atoms with E-state index in [-0.39, 0.29) is 24.0 Å². The van der Waals surface area contributed by atoms with Crippen LogP contribution >= 0.6 is 11.6 Å². The van der Waals surface area contributed by atoms with E-state index >= 15 is 0 Å². The highest BCUT2D eigenvalue weighted by Crippen LogP contribution is 2.12. The molecule has 28 heavy (non-hydrogen) atoms. The molecule has 5 nitrogen and oxygen atoms in total. The van der Waals surface area contributed by atoms with Gasteiger partial charge in [0.05, 0.1) is 0 Å². The van der Waals surface area contributed by atoms with Gasteiger partial charge in [-0.1, -0.05) is 41.9 Å². The first-order valence-electron chi connectivity index (χ1n) is 8.87. The maximum absolute atomic E-state index is 13.7. The number of benzene rings is 2. The summed E-state index contributed by atoms with van der Waals surface area (Å²) < 4.78 is 13.7. The van der Waals surface area contributed by atoms with Gasteiger partial charge in [0, 0.05) is 29.7 Å². The van der Waals surface area contributed by atoms with Gasteiger partial charge in [-0.15, -0.1) is 0 Å². The standard InChI is InChI=1S/C21H20ClFN4O/c1-14-26-19(21(28)25-13-16-6-2-3-8-18(16)23)12-20(27-14)24-10-9-15-5-4-7-17(22)11-15/h2-8,11-12H,9-10,13H2,1H3,(H,25,28)(H,24,26,27). The van der Waals surface area contributed by atoms with Crippen molar-refractivity contribution in [3.8, 4) is 0 Å². The summed E-state index contributed by atoms with van der Waals surface area (Å²) in [4.78, 5) is 20.9. The minimum absolute atomic E-state index is 0.0894. The topological polar surface area (TPSA) is 66.9 Å². The molecular weight excluding hydrogens is 379 g/mol. The highest BCUT2D eigenvalue weighted by Gasteiger charge is 2.11. The number of hydrogen-bond donors (Lipinski definition) is 2. The van der Waals surface area contributed by atoms with E-state index in [1.807, 2.05) is 24.3 Å². The zero-order valence-corrected chi connectivity index (χ0v) is 16.1. The summed E-state index contributed by atoms with van der Waals surface area (Å²) in [6, 6.07) is 15.6. The second kappa shape index (κ2) is 9.28. The first-order valence-corrected chi connectivity index (χ1v) is 9.24. The lowest BCUT2D eigenvalue weighted by atomic mass is 10.1. The lowest BCUT2D eigenvalue weighted by Crippen LogP contribution is -2.25. The Balaban J connectivity index is 1.60. The molecule has 0 spiro atoms. The predicted molar refractivity (Wildman–Crippen MR) is 108 cm³/mol. The van der Waals surface area contributed by atoms with Crippen molar-refractivity contribution < 1.29 is 9.18 Å². The van der Waals surface area contributed by atoms with Crippen LogP contribution in [0.15, 0.2) is 54.6 Å². The Morgan fingerprint density at radius 2 is 1.93 bits per heavy atom. The van der Waals surface area contributed by atoms with Gasteiger partial charge in [-0.3, -0.25) is 4.79 Å². The molecule has 2 aromatic carbocycles. The van der Waals surface area contributed by atoms with Gasteiger partial charge in [-0.25, -0.2) is 14.4 Å². The van der Waals surface area contributed by atoms with E-state index in [4.69, 9.17) is 11.6 Å². The number of rotatable bonds is 7. The van der Waals surface area contributed by atoms with Crippen LogP contribution in [-0.2, 0) is 13.0 Å². The number of carbonyl (C=O) groups is 1. The average molecular weight is 399 g/mol. The van der Waals surface area contributed by atoms with Crippen molar-refractivity contribution in [1.29, 1.82) is 0 Å². The molecule has 1 aromatic heterocycles. The fourth-order valence-electron chi connectivity index (χ4n) is 2.71. The van der Waals surface area contributed by atoms with Crippen molar-refractivity contribution in [3.63, 3.8) is 0 Å². The lowest BCUT2D eigenvalue weighted by Gasteiger charge is -2.10. The minimum atomic E-state index is -0.383. The smallest absolute Gasteiger partial charge is 0.270 e. The minimum Gasteiger partial charge on any atom is -0.370 e. The van der Waals surface area contributed by atoms with Crippen LogP contribution in [0.5, 0.6) is 0 Å². The lowest BCUT2D eigenvalue weighted by molar-refractivity contribution is 0.0945. The van der Waals surface area contributed by atoms with Crippen LogP contribution in [0.25, 0.3) is 0 Å². The average Bonchev–Trinajstić information content (AvgIpc) is 2.67. The number of amides is 1. The Bertz CT molecular complexity index is 980. The van der Waals surface area contributed by atoms with E-state index in [1.54, 1.807) is 31.2 Å². The third-order valence-electron chi connectivity index (χ3n) is 4.08. The quantitative estimate of drug-likeness (QED) is 0.627. The molecule has 0 aliphatic heterocycles. The Morgan fingerprint density at radius 1 is 1.11 bits per heavy atom. The van der Waals surface area contributed by atoms with Gasteiger partial charge >= 0.3 is 0 Å². The van der Waals surface area contributed by atoms with Crippen LogP contribution in [0.4, 0.5) is 10.2 Å². The number of hydrogen-bond acceptors (Lipinski definition) is 4. The van der Waals surface area contributed by atoms with Crippen molar-refractivity contribution in [2.75, 3.05) is 11.9 Å². The molecule has 0 fully saturated rings. The fraction of sp³-hybridized carbons (Fsp3) is 0.190. The summed E-state index contributed by atoms with van der Waals surface area (Å²) in [5, 5.41) is 6.58. The first-order chi connectivity index (χ1) is 13.5. The molecule has 0 saturated carbocycles. The summed E-state index contributed by atoms with van der Waals surface area (Å²) in [6.07, 6.45) is 0.762. The van der Waals surface area contributed by atoms with Crippen LogP contribution in [0.3, 0.4) is 0 Å². The normalized spacial score (nSPS) is 10.5. The molecule has 0 aliphatic rings. The molecule has 3 aromatic rings. The SMILES string of the molecule is Cc1nc(NCCc2cccc(Cl)c2)cc(C(=O)NCc2ccccc2F)n1. The molecular formula is C21H20ClFN4O. The molecule has 0 aliphatic carbocycles. The van der Waals surface area contributed by atoms with Crippen molar-refractivity contribution >= 4 is 23.3 Å². The molecule has 1 heterocycles. The molecule has 0 unspecified atom stereocenters. The highest BCUT2D eigenvalue weighted by atomic mass is 35.5. The Morgan fingerprint density at radius 3 is 2.71 bits per heavy atom. The third-order valence-corrected chi connectivity index (χ3v) is 4.31.